The van der Waals surface area contributed by atoms with E-state index in [1.165, 1.54) is 6.07 Å². The van der Waals surface area contributed by atoms with E-state index in [4.69, 9.17) is 30.9 Å². The number of aliphatic hydroxyl groups excluding tert-OH is 2. The Hall–Kier alpha value is -1.07. The molecule has 0 saturated carbocycles. The number of aromatic nitrogens is 2. The summed E-state index contributed by atoms with van der Waals surface area (Å²) < 4.78 is 50.9. The summed E-state index contributed by atoms with van der Waals surface area (Å²) in [7, 11) is -17.0. The highest BCUT2D eigenvalue weighted by molar-refractivity contribution is 7.66. The Morgan fingerprint density at radius 2 is 1.70 bits per heavy atom. The standard InChI is InChI=1S/C9H17N4O14P3/c10-3-1-2-13(9(16)12-3)8-5(15)4(14)6(24-8)7(11)25-29(20,21)27-30(22,23)26-28(17,18)19/h1-2,4-8,14-15H,11H2,(H,20,21)(H,22,23)(H2,10,12,16)(H2,17,18,19)/t4-,5+,6-,7?,8+/m0/s1. The van der Waals surface area contributed by atoms with Gasteiger partial charge in [-0.1, -0.05) is 0 Å². The molecule has 2 rings (SSSR count). The maximum Gasteiger partial charge on any atom is 0.490 e. The normalized spacial score (nSPS) is 29.8. The topological polar surface area (TPSA) is 296 Å². The zero-order valence-electron chi connectivity index (χ0n) is 14.4. The van der Waals surface area contributed by atoms with Crippen LogP contribution in [0.2, 0.25) is 0 Å². The number of phosphoric acid groups is 3. The third-order valence-corrected chi connectivity index (χ3v) is 7.23. The van der Waals surface area contributed by atoms with E-state index in [2.05, 4.69) is 18.1 Å². The second kappa shape index (κ2) is 8.82. The van der Waals surface area contributed by atoms with Crippen LogP contribution in [0.25, 0.3) is 0 Å². The first-order valence-electron chi connectivity index (χ1n) is 7.45. The molecule has 10 N–H and O–H groups in total. The predicted octanol–water partition coefficient (Wildman–Crippen LogP) is -2.93. The number of hydrogen-bond acceptors (Lipinski definition) is 13. The van der Waals surface area contributed by atoms with Crippen molar-refractivity contribution >= 4 is 29.3 Å². The van der Waals surface area contributed by atoms with Crippen molar-refractivity contribution in [1.29, 1.82) is 0 Å². The molecule has 1 fully saturated rings. The summed E-state index contributed by atoms with van der Waals surface area (Å²) >= 11 is 0. The summed E-state index contributed by atoms with van der Waals surface area (Å²) in [6, 6.07) is 1.17. The smallest absolute Gasteiger partial charge is 0.387 e. The Kier molecular flexibility index (Phi) is 7.40. The number of nitrogens with two attached hydrogens (primary N) is 2. The largest absolute Gasteiger partial charge is 0.490 e. The van der Waals surface area contributed by atoms with E-state index in [0.717, 1.165) is 10.8 Å². The zero-order chi connectivity index (χ0) is 23.1. The van der Waals surface area contributed by atoms with Gasteiger partial charge in [0.15, 0.2) is 6.23 Å². The first kappa shape index (κ1) is 25.2. The molecule has 1 aliphatic rings. The van der Waals surface area contributed by atoms with Gasteiger partial charge in [0, 0.05) is 6.20 Å². The molecule has 0 amide bonds. The minimum atomic E-state index is -5.80. The maximum atomic E-state index is 11.9. The van der Waals surface area contributed by atoms with Gasteiger partial charge in [0.1, 0.15) is 30.4 Å². The summed E-state index contributed by atoms with van der Waals surface area (Å²) in [5, 5.41) is 20.1. The second-order valence-corrected chi connectivity index (χ2v) is 10.0. The molecule has 1 saturated heterocycles. The molecule has 21 heteroatoms. The SMILES string of the molecule is Nc1ccn([C@@H]2O[C@H](C(N)OP(=O)(O)OP(=O)(O)OP(=O)(O)O)[C@@H](O)[C@H]2O)c(=O)n1. The summed E-state index contributed by atoms with van der Waals surface area (Å²) in [6.07, 6.45) is -8.14. The number of nitrogen functional groups attached to an aromatic ring is 1. The van der Waals surface area contributed by atoms with Crippen molar-refractivity contribution in [3.63, 3.8) is 0 Å². The van der Waals surface area contributed by atoms with Gasteiger partial charge in [-0.05, 0) is 6.07 Å². The number of aliphatic hydroxyl groups is 2. The van der Waals surface area contributed by atoms with Crippen LogP contribution in [0.15, 0.2) is 17.1 Å². The molecule has 0 bridgehead atoms. The molecular weight excluding hydrogens is 481 g/mol. The molecule has 0 radical (unpaired) electrons. The van der Waals surface area contributed by atoms with Crippen molar-refractivity contribution in [3.05, 3.63) is 22.7 Å². The highest BCUT2D eigenvalue weighted by Crippen LogP contribution is 2.66. The number of anilines is 1. The lowest BCUT2D eigenvalue weighted by Gasteiger charge is -2.24. The number of hydrogen-bond donors (Lipinski definition) is 8. The molecule has 1 aromatic heterocycles. The molecule has 172 valence electrons. The minimum absolute atomic E-state index is 0.148. The molecule has 30 heavy (non-hydrogen) atoms. The fourth-order valence-electron chi connectivity index (χ4n) is 2.32. The van der Waals surface area contributed by atoms with Crippen LogP contribution >= 0.6 is 23.5 Å². The van der Waals surface area contributed by atoms with E-state index < -0.39 is 59.9 Å². The lowest BCUT2D eigenvalue weighted by molar-refractivity contribution is -0.0814. The summed E-state index contributed by atoms with van der Waals surface area (Å²) in [6.45, 7) is 0. The van der Waals surface area contributed by atoms with Crippen LogP contribution in [0.1, 0.15) is 6.23 Å². The van der Waals surface area contributed by atoms with E-state index in [0.29, 0.717) is 0 Å². The molecule has 1 aromatic rings. The van der Waals surface area contributed by atoms with Gasteiger partial charge in [0.25, 0.3) is 0 Å². The number of phosphoric ester groups is 1. The first-order chi connectivity index (χ1) is 13.5. The fourth-order valence-corrected chi connectivity index (χ4v) is 5.41. The Morgan fingerprint density at radius 1 is 1.10 bits per heavy atom. The average molecular weight is 498 g/mol. The molecule has 1 aliphatic heterocycles. The van der Waals surface area contributed by atoms with Crippen LogP contribution in [0.4, 0.5) is 5.82 Å². The van der Waals surface area contributed by atoms with E-state index in [9.17, 15) is 33.6 Å². The Labute approximate surface area is 166 Å². The van der Waals surface area contributed by atoms with Crippen molar-refractivity contribution in [2.45, 2.75) is 30.8 Å². The molecule has 2 heterocycles. The van der Waals surface area contributed by atoms with Gasteiger partial charge in [-0.2, -0.15) is 13.6 Å². The van der Waals surface area contributed by atoms with Crippen LogP contribution < -0.4 is 17.2 Å². The van der Waals surface area contributed by atoms with Gasteiger partial charge in [-0.15, -0.1) is 0 Å². The summed E-state index contributed by atoms with van der Waals surface area (Å²) in [4.78, 5) is 50.7. The molecule has 7 atom stereocenters. The molecule has 0 aromatic carbocycles. The Morgan fingerprint density at radius 3 is 2.23 bits per heavy atom. The second-order valence-electron chi connectivity index (χ2n) is 5.68. The van der Waals surface area contributed by atoms with Gasteiger partial charge in [0.05, 0.1) is 0 Å². The van der Waals surface area contributed by atoms with Gasteiger partial charge in [0.2, 0.25) is 0 Å². The van der Waals surface area contributed by atoms with Crippen molar-refractivity contribution in [2.24, 2.45) is 5.73 Å². The average Bonchev–Trinajstić information content (AvgIpc) is 2.79. The van der Waals surface area contributed by atoms with Crippen LogP contribution in [0.3, 0.4) is 0 Å². The van der Waals surface area contributed by atoms with Crippen LogP contribution in [-0.4, -0.2) is 63.9 Å². The van der Waals surface area contributed by atoms with Crippen molar-refractivity contribution in [1.82, 2.24) is 9.55 Å². The maximum absolute atomic E-state index is 11.9. The van der Waals surface area contributed by atoms with E-state index in [-0.39, 0.29) is 5.82 Å². The lowest BCUT2D eigenvalue weighted by atomic mass is 10.1. The van der Waals surface area contributed by atoms with E-state index in [1.807, 2.05) is 0 Å². The van der Waals surface area contributed by atoms with E-state index in [1.54, 1.807) is 0 Å². The minimum Gasteiger partial charge on any atom is -0.387 e. The molecule has 0 aliphatic carbocycles. The number of ether oxygens (including phenoxy) is 1. The predicted molar refractivity (Wildman–Crippen MR) is 91.8 cm³/mol. The van der Waals surface area contributed by atoms with Crippen LogP contribution in [0.5, 0.6) is 0 Å². The highest BCUT2D eigenvalue weighted by Gasteiger charge is 2.50. The third-order valence-electron chi connectivity index (χ3n) is 3.40. The number of rotatable bonds is 8. The fraction of sp³-hybridized carbons (Fsp3) is 0.556. The van der Waals surface area contributed by atoms with Crippen molar-refractivity contribution in [3.8, 4) is 0 Å². The van der Waals surface area contributed by atoms with Crippen LogP contribution in [0, 0.1) is 0 Å². The van der Waals surface area contributed by atoms with Crippen LogP contribution in [-0.2, 0) is 31.6 Å². The monoisotopic (exact) mass is 498 g/mol. The quantitative estimate of drug-likeness (QED) is 0.131. The summed E-state index contributed by atoms with van der Waals surface area (Å²) in [5.74, 6) is -0.148. The van der Waals surface area contributed by atoms with Gasteiger partial charge >= 0.3 is 29.2 Å². The van der Waals surface area contributed by atoms with Gasteiger partial charge < -0.3 is 46.0 Å². The molecule has 3 unspecified atom stereocenters. The van der Waals surface area contributed by atoms with Gasteiger partial charge in [-0.3, -0.25) is 9.09 Å². The Bertz CT molecular complexity index is 980. The lowest BCUT2D eigenvalue weighted by Crippen LogP contribution is -2.44. The molecular formula is C9H17N4O14P3. The van der Waals surface area contributed by atoms with E-state index >= 15 is 0 Å². The zero-order valence-corrected chi connectivity index (χ0v) is 17.1. The van der Waals surface area contributed by atoms with Crippen molar-refractivity contribution in [2.75, 3.05) is 5.73 Å². The first-order valence-corrected chi connectivity index (χ1v) is 12.0. The highest BCUT2D eigenvalue weighted by atomic mass is 31.3. The molecule has 0 spiro atoms. The van der Waals surface area contributed by atoms with Gasteiger partial charge in [-0.25, -0.2) is 18.5 Å². The molecule has 18 nitrogen and oxygen atoms in total. The van der Waals surface area contributed by atoms with Crippen molar-refractivity contribution < 1.29 is 61.4 Å². The summed E-state index contributed by atoms with van der Waals surface area (Å²) in [5.41, 5.74) is 9.80. The number of nitrogens with zero attached hydrogens (tertiary/aromatic N) is 2. The Balaban J connectivity index is 2.13. The third kappa shape index (κ3) is 6.46.